The first kappa shape index (κ1) is 21.0. The van der Waals surface area contributed by atoms with Gasteiger partial charge in [-0.1, -0.05) is 23.2 Å². The summed E-state index contributed by atoms with van der Waals surface area (Å²) >= 11 is 12.0. The van der Waals surface area contributed by atoms with Gasteiger partial charge in [0.1, 0.15) is 0 Å². The first-order valence-electron chi connectivity index (χ1n) is 8.78. The van der Waals surface area contributed by atoms with Crippen LogP contribution in [0.1, 0.15) is 20.8 Å². The molecule has 0 spiro atoms. The maximum absolute atomic E-state index is 12.5. The van der Waals surface area contributed by atoms with Gasteiger partial charge in [0.15, 0.2) is 0 Å². The fraction of sp³-hybridized carbons (Fsp3) is 0.556. The molecular weight excluding hydrogens is 375 g/mol. The van der Waals surface area contributed by atoms with E-state index < -0.39 is 0 Å². The van der Waals surface area contributed by atoms with Gasteiger partial charge < -0.3 is 10.6 Å². The highest BCUT2D eigenvalue weighted by molar-refractivity contribution is 6.36. The van der Waals surface area contributed by atoms with Crippen LogP contribution in [0.3, 0.4) is 0 Å². The van der Waals surface area contributed by atoms with Crippen LogP contribution in [-0.4, -0.2) is 66.4 Å². The van der Waals surface area contributed by atoms with Crippen LogP contribution in [0.15, 0.2) is 18.2 Å². The number of anilines is 1. The molecule has 0 unspecified atom stereocenters. The number of piperazine rings is 1. The number of nitrogens with one attached hydrogen (secondary N) is 2. The Morgan fingerprint density at radius 3 is 2.35 bits per heavy atom. The lowest BCUT2D eigenvalue weighted by atomic mass is 10.2. The predicted molar refractivity (Wildman–Crippen MR) is 106 cm³/mol. The number of amides is 2. The van der Waals surface area contributed by atoms with Crippen molar-refractivity contribution in [1.82, 2.24) is 15.1 Å². The van der Waals surface area contributed by atoms with E-state index in [0.717, 1.165) is 26.2 Å². The number of hydrogen-bond acceptors (Lipinski definition) is 4. The molecule has 144 valence electrons. The summed E-state index contributed by atoms with van der Waals surface area (Å²) in [5.74, 6) is -0.0724. The van der Waals surface area contributed by atoms with Crippen LogP contribution in [0, 0.1) is 0 Å². The number of nitrogens with zero attached hydrogens (tertiary/aromatic N) is 2. The Bertz CT molecular complexity index is 646. The van der Waals surface area contributed by atoms with E-state index in [-0.39, 0.29) is 23.9 Å². The fourth-order valence-corrected chi connectivity index (χ4v) is 3.33. The molecule has 0 saturated carbocycles. The lowest BCUT2D eigenvalue weighted by Crippen LogP contribution is -2.54. The van der Waals surface area contributed by atoms with Crippen molar-refractivity contribution >= 4 is 40.7 Å². The molecule has 0 aliphatic carbocycles. The van der Waals surface area contributed by atoms with Crippen LogP contribution in [0.2, 0.25) is 10.0 Å². The molecule has 1 aromatic rings. The first-order valence-corrected chi connectivity index (χ1v) is 9.53. The second-order valence-corrected chi connectivity index (χ2v) is 7.67. The summed E-state index contributed by atoms with van der Waals surface area (Å²) in [6, 6.07) is 4.85. The third-order valence-corrected chi connectivity index (χ3v) is 4.89. The van der Waals surface area contributed by atoms with Crippen molar-refractivity contribution < 1.29 is 9.59 Å². The molecule has 0 aromatic heterocycles. The van der Waals surface area contributed by atoms with Gasteiger partial charge in [-0.2, -0.15) is 0 Å². The topological polar surface area (TPSA) is 64.7 Å². The average Bonchev–Trinajstić information content (AvgIpc) is 2.56. The third-order valence-electron chi connectivity index (χ3n) is 4.34. The molecule has 8 heteroatoms. The highest BCUT2D eigenvalue weighted by Crippen LogP contribution is 2.25. The second-order valence-electron chi connectivity index (χ2n) is 6.82. The molecule has 0 bridgehead atoms. The highest BCUT2D eigenvalue weighted by Gasteiger charge is 2.26. The maximum atomic E-state index is 12.5. The number of carbonyl (C=O) groups is 2. The van der Waals surface area contributed by atoms with Crippen molar-refractivity contribution in [2.24, 2.45) is 0 Å². The Hall–Kier alpha value is -1.34. The van der Waals surface area contributed by atoms with E-state index in [1.165, 1.54) is 0 Å². The van der Waals surface area contributed by atoms with Gasteiger partial charge in [0.2, 0.25) is 11.8 Å². The minimum atomic E-state index is -0.284. The lowest BCUT2D eigenvalue weighted by molar-refractivity contribution is -0.125. The van der Waals surface area contributed by atoms with Gasteiger partial charge in [-0.25, -0.2) is 0 Å². The minimum absolute atomic E-state index is 0.0385. The Labute approximate surface area is 164 Å². The van der Waals surface area contributed by atoms with Crippen molar-refractivity contribution in [3.05, 3.63) is 28.2 Å². The Balaban J connectivity index is 1.82. The Morgan fingerprint density at radius 1 is 1.12 bits per heavy atom. The summed E-state index contributed by atoms with van der Waals surface area (Å²) in [7, 11) is 0. The average molecular weight is 401 g/mol. The third kappa shape index (κ3) is 6.13. The van der Waals surface area contributed by atoms with Crippen LogP contribution in [0.4, 0.5) is 5.69 Å². The van der Waals surface area contributed by atoms with Crippen molar-refractivity contribution in [2.75, 3.05) is 38.0 Å². The molecule has 2 amide bonds. The molecular formula is C18H26Cl2N4O2. The second kappa shape index (κ2) is 9.55. The van der Waals surface area contributed by atoms with Gasteiger partial charge in [0.05, 0.1) is 23.3 Å². The maximum Gasteiger partial charge on any atom is 0.241 e. The van der Waals surface area contributed by atoms with Gasteiger partial charge in [0, 0.05) is 37.2 Å². The van der Waals surface area contributed by atoms with Crippen molar-refractivity contribution in [3.63, 3.8) is 0 Å². The first-order chi connectivity index (χ1) is 12.3. The lowest BCUT2D eigenvalue weighted by Gasteiger charge is -2.37. The number of benzene rings is 1. The van der Waals surface area contributed by atoms with Gasteiger partial charge in [-0.3, -0.25) is 19.4 Å². The summed E-state index contributed by atoms with van der Waals surface area (Å²) in [5, 5.41) is 6.69. The molecule has 1 saturated heterocycles. The SMILES string of the molecule is CC(C)NC(=O)CN1CCN([C@@H](C)C(=O)Nc2ccc(Cl)cc2Cl)CC1. The quantitative estimate of drug-likeness (QED) is 0.769. The summed E-state index contributed by atoms with van der Waals surface area (Å²) in [6.45, 7) is 9.14. The number of hydrogen-bond donors (Lipinski definition) is 2. The molecule has 2 N–H and O–H groups in total. The molecule has 6 nitrogen and oxygen atoms in total. The number of rotatable bonds is 6. The molecule has 1 atom stereocenters. The normalized spacial score (nSPS) is 17.2. The smallest absolute Gasteiger partial charge is 0.241 e. The van der Waals surface area contributed by atoms with E-state index in [1.807, 2.05) is 20.8 Å². The zero-order valence-corrected chi connectivity index (χ0v) is 16.9. The van der Waals surface area contributed by atoms with Gasteiger partial charge in [-0.15, -0.1) is 0 Å². The van der Waals surface area contributed by atoms with E-state index in [4.69, 9.17) is 23.2 Å². The van der Waals surface area contributed by atoms with E-state index in [0.29, 0.717) is 22.3 Å². The van der Waals surface area contributed by atoms with Gasteiger partial charge >= 0.3 is 0 Å². The summed E-state index contributed by atoms with van der Waals surface area (Å²) in [6.07, 6.45) is 0. The van der Waals surface area contributed by atoms with E-state index in [1.54, 1.807) is 18.2 Å². The fourth-order valence-electron chi connectivity index (χ4n) is 2.87. The van der Waals surface area contributed by atoms with Crippen LogP contribution >= 0.6 is 23.2 Å². The van der Waals surface area contributed by atoms with E-state index in [9.17, 15) is 9.59 Å². The van der Waals surface area contributed by atoms with Crippen LogP contribution in [-0.2, 0) is 9.59 Å². The van der Waals surface area contributed by atoms with Crippen LogP contribution in [0.25, 0.3) is 0 Å². The molecule has 26 heavy (non-hydrogen) atoms. The van der Waals surface area contributed by atoms with Crippen molar-refractivity contribution in [2.45, 2.75) is 32.9 Å². The van der Waals surface area contributed by atoms with Crippen LogP contribution in [0.5, 0.6) is 0 Å². The molecule has 2 rings (SSSR count). The summed E-state index contributed by atoms with van der Waals surface area (Å²) < 4.78 is 0. The summed E-state index contributed by atoms with van der Waals surface area (Å²) in [4.78, 5) is 28.6. The minimum Gasteiger partial charge on any atom is -0.353 e. The monoisotopic (exact) mass is 400 g/mol. The van der Waals surface area contributed by atoms with E-state index >= 15 is 0 Å². The Kier molecular flexibility index (Phi) is 7.70. The number of halogens is 2. The van der Waals surface area contributed by atoms with Crippen molar-refractivity contribution in [1.29, 1.82) is 0 Å². The highest BCUT2D eigenvalue weighted by atomic mass is 35.5. The van der Waals surface area contributed by atoms with Crippen LogP contribution < -0.4 is 10.6 Å². The molecule has 1 heterocycles. The largest absolute Gasteiger partial charge is 0.353 e. The zero-order chi connectivity index (χ0) is 19.3. The molecule has 1 fully saturated rings. The number of carbonyl (C=O) groups excluding carboxylic acids is 2. The zero-order valence-electron chi connectivity index (χ0n) is 15.4. The van der Waals surface area contributed by atoms with Crippen molar-refractivity contribution in [3.8, 4) is 0 Å². The molecule has 1 aromatic carbocycles. The predicted octanol–water partition coefficient (Wildman–Crippen LogP) is 2.46. The summed E-state index contributed by atoms with van der Waals surface area (Å²) in [5.41, 5.74) is 0.553. The molecule has 1 aliphatic heterocycles. The van der Waals surface area contributed by atoms with Gasteiger partial charge in [-0.05, 0) is 39.0 Å². The molecule has 0 radical (unpaired) electrons. The Morgan fingerprint density at radius 2 is 1.77 bits per heavy atom. The standard InChI is InChI=1S/C18H26Cl2N4O2/c1-12(2)21-17(25)11-23-6-8-24(9-7-23)13(3)18(26)22-16-5-4-14(19)10-15(16)20/h4-5,10,12-13H,6-9,11H2,1-3H3,(H,21,25)(H,22,26)/t13-/m0/s1. The molecule has 1 aliphatic rings. The van der Waals surface area contributed by atoms with E-state index in [2.05, 4.69) is 20.4 Å². The van der Waals surface area contributed by atoms with Gasteiger partial charge in [0.25, 0.3) is 0 Å².